The van der Waals surface area contributed by atoms with E-state index in [9.17, 15) is 4.79 Å². The Balaban J connectivity index is 1.34. The van der Waals surface area contributed by atoms with Crippen LogP contribution in [0.25, 0.3) is 5.69 Å². The molecule has 0 unspecified atom stereocenters. The first-order chi connectivity index (χ1) is 13.2. The van der Waals surface area contributed by atoms with Crippen LogP contribution in [0.4, 0.5) is 0 Å². The number of carbonyl (C=O) groups is 1. The lowest BCUT2D eigenvalue weighted by Gasteiger charge is -2.36. The average molecular weight is 368 g/mol. The van der Waals surface area contributed by atoms with Crippen molar-refractivity contribution < 1.29 is 4.79 Å². The predicted molar refractivity (Wildman–Crippen MR) is 102 cm³/mol. The molecule has 2 aromatic rings. The van der Waals surface area contributed by atoms with Crippen molar-refractivity contribution >= 4 is 5.91 Å². The average Bonchev–Trinajstić information content (AvgIpc) is 3.17. The third-order valence-corrected chi connectivity index (χ3v) is 5.82. The van der Waals surface area contributed by atoms with E-state index in [1.807, 2.05) is 12.1 Å². The van der Waals surface area contributed by atoms with E-state index in [0.29, 0.717) is 12.5 Å². The number of aryl methyl sites for hydroxylation is 1. The molecule has 2 aliphatic rings. The standard InChI is InChI=1S/C20H28N6O/c1-16-7-9-18(10-8-16)26-19(21-22-23-26)15-24-11-13-25(14-12-24)20(27)17-5-3-2-4-6-17/h7-10,17H,2-6,11-15H2,1H3. The topological polar surface area (TPSA) is 67.2 Å². The van der Waals surface area contributed by atoms with E-state index >= 15 is 0 Å². The Hall–Kier alpha value is -2.28. The van der Waals surface area contributed by atoms with E-state index < -0.39 is 0 Å². The summed E-state index contributed by atoms with van der Waals surface area (Å²) in [6.07, 6.45) is 5.85. The fraction of sp³-hybridized carbons (Fsp3) is 0.600. The molecule has 4 rings (SSSR count). The van der Waals surface area contributed by atoms with Crippen LogP contribution >= 0.6 is 0 Å². The number of carbonyl (C=O) groups excluding carboxylic acids is 1. The summed E-state index contributed by atoms with van der Waals surface area (Å²) in [6, 6.07) is 8.21. The Morgan fingerprint density at radius 3 is 2.44 bits per heavy atom. The smallest absolute Gasteiger partial charge is 0.225 e. The van der Waals surface area contributed by atoms with Crippen LogP contribution in [0.5, 0.6) is 0 Å². The third-order valence-electron chi connectivity index (χ3n) is 5.82. The Bertz CT molecular complexity index is 757. The van der Waals surface area contributed by atoms with Crippen molar-refractivity contribution in [2.24, 2.45) is 5.92 Å². The molecule has 1 amide bonds. The summed E-state index contributed by atoms with van der Waals surface area (Å²) in [5.41, 5.74) is 2.19. The van der Waals surface area contributed by atoms with E-state index in [1.54, 1.807) is 4.68 Å². The summed E-state index contributed by atoms with van der Waals surface area (Å²) < 4.78 is 1.80. The second kappa shape index (κ2) is 8.17. The molecule has 0 radical (unpaired) electrons. The van der Waals surface area contributed by atoms with Gasteiger partial charge in [-0.05, 0) is 42.3 Å². The van der Waals surface area contributed by atoms with Gasteiger partial charge in [-0.1, -0.05) is 37.0 Å². The van der Waals surface area contributed by atoms with Crippen LogP contribution < -0.4 is 0 Å². The third kappa shape index (κ3) is 4.18. The van der Waals surface area contributed by atoms with Gasteiger partial charge in [0.05, 0.1) is 12.2 Å². The van der Waals surface area contributed by atoms with Gasteiger partial charge in [-0.2, -0.15) is 4.68 Å². The molecule has 1 aromatic carbocycles. The SMILES string of the molecule is Cc1ccc(-n2nnnc2CN2CCN(C(=O)C3CCCCC3)CC2)cc1. The Morgan fingerprint density at radius 1 is 1.04 bits per heavy atom. The molecule has 0 atom stereocenters. The second-order valence-corrected chi connectivity index (χ2v) is 7.78. The van der Waals surface area contributed by atoms with Crippen LogP contribution in [-0.4, -0.2) is 62.1 Å². The van der Waals surface area contributed by atoms with Crippen LogP contribution in [-0.2, 0) is 11.3 Å². The number of piperazine rings is 1. The first kappa shape index (κ1) is 18.1. The van der Waals surface area contributed by atoms with Crippen LogP contribution in [0.3, 0.4) is 0 Å². The van der Waals surface area contributed by atoms with Crippen molar-refractivity contribution in [1.29, 1.82) is 0 Å². The molecule has 144 valence electrons. The zero-order chi connectivity index (χ0) is 18.6. The molecule has 0 bridgehead atoms. The number of hydrogen-bond donors (Lipinski definition) is 0. The molecular weight excluding hydrogens is 340 g/mol. The highest BCUT2D eigenvalue weighted by molar-refractivity contribution is 5.79. The highest BCUT2D eigenvalue weighted by atomic mass is 16.2. The Labute approximate surface area is 160 Å². The highest BCUT2D eigenvalue weighted by Gasteiger charge is 2.28. The van der Waals surface area contributed by atoms with Gasteiger partial charge in [0.25, 0.3) is 0 Å². The van der Waals surface area contributed by atoms with Crippen molar-refractivity contribution in [3.63, 3.8) is 0 Å². The highest BCUT2D eigenvalue weighted by Crippen LogP contribution is 2.26. The Morgan fingerprint density at radius 2 is 1.74 bits per heavy atom. The molecular formula is C20H28N6O. The normalized spacial score (nSPS) is 19.4. The van der Waals surface area contributed by atoms with Gasteiger partial charge in [0.1, 0.15) is 0 Å². The van der Waals surface area contributed by atoms with Crippen LogP contribution in [0.2, 0.25) is 0 Å². The molecule has 1 aromatic heterocycles. The molecule has 2 fully saturated rings. The van der Waals surface area contributed by atoms with E-state index in [4.69, 9.17) is 0 Å². The maximum atomic E-state index is 12.7. The van der Waals surface area contributed by atoms with Gasteiger partial charge in [0.15, 0.2) is 5.82 Å². The summed E-state index contributed by atoms with van der Waals surface area (Å²) in [6.45, 7) is 6.13. The summed E-state index contributed by atoms with van der Waals surface area (Å²) in [5.74, 6) is 1.48. The van der Waals surface area contributed by atoms with Gasteiger partial charge in [-0.3, -0.25) is 9.69 Å². The molecule has 1 aliphatic heterocycles. The number of tetrazole rings is 1. The van der Waals surface area contributed by atoms with Crippen LogP contribution in [0, 0.1) is 12.8 Å². The predicted octanol–water partition coefficient (Wildman–Crippen LogP) is 2.20. The van der Waals surface area contributed by atoms with Gasteiger partial charge in [-0.15, -0.1) is 5.10 Å². The van der Waals surface area contributed by atoms with Crippen molar-refractivity contribution in [2.75, 3.05) is 26.2 Å². The summed E-state index contributed by atoms with van der Waals surface area (Å²) in [5, 5.41) is 12.2. The summed E-state index contributed by atoms with van der Waals surface area (Å²) in [4.78, 5) is 17.1. The number of rotatable bonds is 4. The van der Waals surface area contributed by atoms with Gasteiger partial charge >= 0.3 is 0 Å². The second-order valence-electron chi connectivity index (χ2n) is 7.78. The minimum absolute atomic E-state index is 0.263. The fourth-order valence-electron chi connectivity index (χ4n) is 4.12. The molecule has 1 aliphatic carbocycles. The zero-order valence-corrected chi connectivity index (χ0v) is 16.0. The lowest BCUT2D eigenvalue weighted by atomic mass is 9.88. The maximum absolute atomic E-state index is 12.7. The van der Waals surface area contributed by atoms with Crippen molar-refractivity contribution in [1.82, 2.24) is 30.0 Å². The first-order valence-electron chi connectivity index (χ1n) is 10.1. The van der Waals surface area contributed by atoms with Crippen molar-refractivity contribution in [2.45, 2.75) is 45.6 Å². The maximum Gasteiger partial charge on any atom is 0.225 e. The molecule has 27 heavy (non-hydrogen) atoms. The van der Waals surface area contributed by atoms with E-state index in [1.165, 1.54) is 24.8 Å². The molecule has 0 spiro atoms. The number of nitrogens with zero attached hydrogens (tertiary/aromatic N) is 6. The minimum Gasteiger partial charge on any atom is -0.340 e. The van der Waals surface area contributed by atoms with Gasteiger partial charge in [0.2, 0.25) is 5.91 Å². The van der Waals surface area contributed by atoms with Crippen molar-refractivity contribution in [3.05, 3.63) is 35.7 Å². The minimum atomic E-state index is 0.263. The van der Waals surface area contributed by atoms with Gasteiger partial charge in [-0.25, -0.2) is 0 Å². The number of amides is 1. The van der Waals surface area contributed by atoms with Gasteiger partial charge < -0.3 is 4.90 Å². The molecule has 2 heterocycles. The van der Waals surface area contributed by atoms with Gasteiger partial charge in [0, 0.05) is 32.1 Å². The number of aromatic nitrogens is 4. The zero-order valence-electron chi connectivity index (χ0n) is 16.0. The fourth-order valence-corrected chi connectivity index (χ4v) is 4.12. The molecule has 1 saturated carbocycles. The molecule has 1 saturated heterocycles. The van der Waals surface area contributed by atoms with Crippen LogP contribution in [0.1, 0.15) is 43.5 Å². The number of benzene rings is 1. The molecule has 7 heteroatoms. The summed E-state index contributed by atoms with van der Waals surface area (Å²) in [7, 11) is 0. The number of hydrogen-bond acceptors (Lipinski definition) is 5. The largest absolute Gasteiger partial charge is 0.340 e. The van der Waals surface area contributed by atoms with Crippen molar-refractivity contribution in [3.8, 4) is 5.69 Å². The first-order valence-corrected chi connectivity index (χ1v) is 10.1. The quantitative estimate of drug-likeness (QED) is 0.828. The van der Waals surface area contributed by atoms with E-state index in [-0.39, 0.29) is 5.92 Å². The monoisotopic (exact) mass is 368 g/mol. The van der Waals surface area contributed by atoms with E-state index in [0.717, 1.165) is 50.5 Å². The molecule has 7 nitrogen and oxygen atoms in total. The lowest BCUT2D eigenvalue weighted by Crippen LogP contribution is -2.50. The Kier molecular flexibility index (Phi) is 5.48. The molecule has 0 N–H and O–H groups in total. The van der Waals surface area contributed by atoms with E-state index in [2.05, 4.69) is 44.4 Å². The summed E-state index contributed by atoms with van der Waals surface area (Å²) >= 11 is 0. The van der Waals surface area contributed by atoms with Crippen LogP contribution in [0.15, 0.2) is 24.3 Å². The lowest BCUT2D eigenvalue weighted by molar-refractivity contribution is -0.138.